The SMILES string of the molecule is CCN=C=NCCC[N+](C)(C)CCC(C)C. The van der Waals surface area contributed by atoms with Crippen LogP contribution in [0.5, 0.6) is 0 Å². The molecule has 94 valence electrons. The standard InChI is InChI=1S/C13H28N3/c1-6-14-12-15-9-7-10-16(4,5)11-8-13(2)3/h13H,6-11H2,1-5H3/q+1. The molecule has 0 unspecified atom stereocenters. The molecule has 16 heavy (non-hydrogen) atoms. The summed E-state index contributed by atoms with van der Waals surface area (Å²) in [6.07, 6.45) is 2.42. The zero-order valence-electron chi connectivity index (χ0n) is 11.7. The molecule has 3 nitrogen and oxygen atoms in total. The molecule has 0 aliphatic rings. The molecule has 0 aliphatic carbocycles. The fraction of sp³-hybridized carbons (Fsp3) is 0.923. The first-order chi connectivity index (χ1) is 7.48. The molecule has 0 amide bonds. The summed E-state index contributed by atoms with van der Waals surface area (Å²) >= 11 is 0. The zero-order chi connectivity index (χ0) is 12.4. The van der Waals surface area contributed by atoms with Gasteiger partial charge in [-0.25, -0.2) is 9.98 Å². The minimum atomic E-state index is 0.777. The Morgan fingerprint density at radius 2 is 1.81 bits per heavy atom. The Morgan fingerprint density at radius 1 is 1.12 bits per heavy atom. The second kappa shape index (κ2) is 8.49. The fourth-order valence-corrected chi connectivity index (χ4v) is 1.47. The molecule has 0 fully saturated rings. The lowest BCUT2D eigenvalue weighted by atomic mass is 10.1. The summed E-state index contributed by atoms with van der Waals surface area (Å²) in [6, 6.07) is 2.71. The highest BCUT2D eigenvalue weighted by Gasteiger charge is 2.14. The highest BCUT2D eigenvalue weighted by Crippen LogP contribution is 2.07. The van der Waals surface area contributed by atoms with E-state index in [0.717, 1.165) is 29.9 Å². The molecule has 0 aliphatic heterocycles. The molecule has 0 atom stereocenters. The normalized spacial score (nSPS) is 11.4. The molecular formula is C13H28N3+. The van der Waals surface area contributed by atoms with Gasteiger partial charge in [0.15, 0.2) is 0 Å². The Morgan fingerprint density at radius 3 is 2.38 bits per heavy atom. The van der Waals surface area contributed by atoms with Gasteiger partial charge in [-0.2, -0.15) is 0 Å². The summed E-state index contributed by atoms with van der Waals surface area (Å²) in [7, 11) is 4.60. The van der Waals surface area contributed by atoms with Gasteiger partial charge in [-0.05, 0) is 19.3 Å². The third-order valence-corrected chi connectivity index (χ3v) is 2.64. The number of quaternary nitrogens is 1. The third-order valence-electron chi connectivity index (χ3n) is 2.64. The summed E-state index contributed by atoms with van der Waals surface area (Å²) in [4.78, 5) is 8.08. The van der Waals surface area contributed by atoms with Crippen molar-refractivity contribution in [2.75, 3.05) is 40.3 Å². The molecule has 3 heteroatoms. The maximum Gasteiger partial charge on any atom is 0.0892 e. The number of hydrogen-bond donors (Lipinski definition) is 0. The van der Waals surface area contributed by atoms with E-state index in [1.165, 1.54) is 19.5 Å². The summed E-state index contributed by atoms with van der Waals surface area (Å²) in [6.45, 7) is 10.6. The van der Waals surface area contributed by atoms with Crippen LogP contribution in [0.3, 0.4) is 0 Å². The molecular weight excluding hydrogens is 198 g/mol. The van der Waals surface area contributed by atoms with Gasteiger partial charge in [-0.3, -0.25) is 0 Å². The summed E-state index contributed by atoms with van der Waals surface area (Å²) in [5.41, 5.74) is 0. The lowest BCUT2D eigenvalue weighted by molar-refractivity contribution is -0.890. The Hall–Kier alpha value is -0.660. The maximum absolute atomic E-state index is 4.13. The highest BCUT2D eigenvalue weighted by atomic mass is 15.3. The van der Waals surface area contributed by atoms with E-state index in [-0.39, 0.29) is 0 Å². The van der Waals surface area contributed by atoms with Crippen LogP contribution in [0.25, 0.3) is 0 Å². The van der Waals surface area contributed by atoms with Crippen LogP contribution in [0.1, 0.15) is 33.6 Å². The van der Waals surface area contributed by atoms with Gasteiger partial charge < -0.3 is 4.48 Å². The van der Waals surface area contributed by atoms with Crippen molar-refractivity contribution >= 4 is 6.01 Å². The van der Waals surface area contributed by atoms with Gasteiger partial charge in [0.1, 0.15) is 0 Å². The van der Waals surface area contributed by atoms with E-state index < -0.39 is 0 Å². The van der Waals surface area contributed by atoms with E-state index >= 15 is 0 Å². The Balaban J connectivity index is 3.69. The van der Waals surface area contributed by atoms with Crippen LogP contribution in [0.4, 0.5) is 0 Å². The maximum atomic E-state index is 4.13. The zero-order valence-corrected chi connectivity index (χ0v) is 11.7. The fourth-order valence-electron chi connectivity index (χ4n) is 1.47. The van der Waals surface area contributed by atoms with Gasteiger partial charge >= 0.3 is 0 Å². The van der Waals surface area contributed by atoms with Gasteiger partial charge in [0.2, 0.25) is 0 Å². The van der Waals surface area contributed by atoms with Crippen molar-refractivity contribution < 1.29 is 4.48 Å². The predicted octanol–water partition coefficient (Wildman–Crippen LogP) is 2.69. The van der Waals surface area contributed by atoms with Crippen LogP contribution < -0.4 is 0 Å². The van der Waals surface area contributed by atoms with Crippen LogP contribution in [-0.2, 0) is 0 Å². The molecule has 0 saturated carbocycles. The number of nitrogens with zero attached hydrogens (tertiary/aromatic N) is 3. The Labute approximate surface area is 101 Å². The third kappa shape index (κ3) is 9.88. The van der Waals surface area contributed by atoms with Crippen molar-refractivity contribution in [2.45, 2.75) is 33.6 Å². The average molecular weight is 226 g/mol. The highest BCUT2D eigenvalue weighted by molar-refractivity contribution is 5.40. The van der Waals surface area contributed by atoms with Crippen molar-refractivity contribution in [3.63, 3.8) is 0 Å². The topological polar surface area (TPSA) is 24.7 Å². The van der Waals surface area contributed by atoms with Crippen molar-refractivity contribution in [3.05, 3.63) is 0 Å². The minimum absolute atomic E-state index is 0.777. The first kappa shape index (κ1) is 15.3. The Kier molecular flexibility index (Phi) is 8.14. The molecule has 0 aromatic carbocycles. The number of rotatable bonds is 8. The summed E-state index contributed by atoms with van der Waals surface area (Å²) in [5.74, 6) is 0.798. The molecule has 0 saturated heterocycles. The van der Waals surface area contributed by atoms with Crippen LogP contribution in [0, 0.1) is 5.92 Å². The molecule has 0 N–H and O–H groups in total. The van der Waals surface area contributed by atoms with Gasteiger partial charge in [-0.15, -0.1) is 0 Å². The lowest BCUT2D eigenvalue weighted by Crippen LogP contribution is -2.41. The molecule has 0 aromatic rings. The molecule has 0 rings (SSSR count). The first-order valence-corrected chi connectivity index (χ1v) is 6.38. The van der Waals surface area contributed by atoms with Crippen LogP contribution >= 0.6 is 0 Å². The summed E-state index contributed by atoms with van der Waals surface area (Å²) in [5, 5.41) is 0. The van der Waals surface area contributed by atoms with E-state index in [9.17, 15) is 0 Å². The van der Waals surface area contributed by atoms with E-state index in [2.05, 4.69) is 43.9 Å². The van der Waals surface area contributed by atoms with E-state index in [0.29, 0.717) is 0 Å². The second-order valence-corrected chi connectivity index (χ2v) is 5.38. The minimum Gasteiger partial charge on any atom is -0.328 e. The van der Waals surface area contributed by atoms with Crippen molar-refractivity contribution in [3.8, 4) is 0 Å². The quantitative estimate of drug-likeness (QED) is 0.345. The smallest absolute Gasteiger partial charge is 0.0892 e. The van der Waals surface area contributed by atoms with Gasteiger partial charge in [0.05, 0.1) is 39.7 Å². The molecule has 0 aromatic heterocycles. The van der Waals surface area contributed by atoms with Crippen LogP contribution in [-0.4, -0.2) is 50.8 Å². The van der Waals surface area contributed by atoms with Crippen molar-refractivity contribution in [1.82, 2.24) is 0 Å². The van der Waals surface area contributed by atoms with Crippen LogP contribution in [0.2, 0.25) is 0 Å². The van der Waals surface area contributed by atoms with Gasteiger partial charge in [0, 0.05) is 13.0 Å². The van der Waals surface area contributed by atoms with Gasteiger partial charge in [-0.1, -0.05) is 13.8 Å². The predicted molar refractivity (Wildman–Crippen MR) is 71.2 cm³/mol. The summed E-state index contributed by atoms with van der Waals surface area (Å²) < 4.78 is 1.10. The Bertz CT molecular complexity index is 225. The van der Waals surface area contributed by atoms with Gasteiger partial charge in [0.25, 0.3) is 0 Å². The molecule has 0 spiro atoms. The monoisotopic (exact) mass is 226 g/mol. The molecule has 0 bridgehead atoms. The first-order valence-electron chi connectivity index (χ1n) is 6.38. The molecule has 0 radical (unpaired) electrons. The van der Waals surface area contributed by atoms with Crippen molar-refractivity contribution in [1.29, 1.82) is 0 Å². The number of hydrogen-bond acceptors (Lipinski definition) is 2. The van der Waals surface area contributed by atoms with Crippen LogP contribution in [0.15, 0.2) is 9.98 Å². The van der Waals surface area contributed by atoms with Crippen molar-refractivity contribution in [2.24, 2.45) is 15.9 Å². The lowest BCUT2D eigenvalue weighted by Gasteiger charge is -2.30. The number of aliphatic imine (C=N–C) groups is 2. The molecule has 0 heterocycles. The second-order valence-electron chi connectivity index (χ2n) is 5.38. The average Bonchev–Trinajstić information content (AvgIpc) is 2.21. The van der Waals surface area contributed by atoms with E-state index in [4.69, 9.17) is 0 Å². The largest absolute Gasteiger partial charge is 0.328 e. The van der Waals surface area contributed by atoms with E-state index in [1.807, 2.05) is 6.92 Å². The van der Waals surface area contributed by atoms with E-state index in [1.54, 1.807) is 0 Å².